The zero-order valence-corrected chi connectivity index (χ0v) is 18.2. The highest BCUT2D eigenvalue weighted by Gasteiger charge is 2.44. The highest BCUT2D eigenvalue weighted by Crippen LogP contribution is 2.25. The second-order valence-electron chi connectivity index (χ2n) is 8.08. The van der Waals surface area contributed by atoms with Gasteiger partial charge in [0.05, 0.1) is 0 Å². The highest BCUT2D eigenvalue weighted by atomic mass is 16.5. The Morgan fingerprint density at radius 3 is 2.25 bits per heavy atom. The SMILES string of the molecule is CN(C)CCCN1C(=O)[C@H](Cc2ccc(O)cc2)N(Cc2ccc(C(=O)NO)cc2)C1=O. The summed E-state index contributed by atoms with van der Waals surface area (Å²) in [5.74, 6) is -0.726. The van der Waals surface area contributed by atoms with Gasteiger partial charge >= 0.3 is 6.03 Å². The second kappa shape index (κ2) is 10.3. The van der Waals surface area contributed by atoms with Crippen molar-refractivity contribution in [3.8, 4) is 5.75 Å². The van der Waals surface area contributed by atoms with Gasteiger partial charge < -0.3 is 14.9 Å². The number of urea groups is 1. The van der Waals surface area contributed by atoms with Crippen LogP contribution in [0.5, 0.6) is 5.75 Å². The minimum absolute atomic E-state index is 0.136. The molecule has 2 aromatic carbocycles. The molecule has 1 atom stereocenters. The predicted octanol–water partition coefficient (Wildman–Crippen LogP) is 1.84. The lowest BCUT2D eigenvalue weighted by molar-refractivity contribution is -0.128. The Kier molecular flexibility index (Phi) is 7.45. The van der Waals surface area contributed by atoms with Crippen molar-refractivity contribution in [3.63, 3.8) is 0 Å². The number of aromatic hydroxyl groups is 1. The summed E-state index contributed by atoms with van der Waals surface area (Å²) in [5.41, 5.74) is 3.46. The maximum Gasteiger partial charge on any atom is 0.327 e. The molecule has 1 fully saturated rings. The standard InChI is InChI=1S/C23H28N4O5/c1-25(2)12-3-13-26-22(30)20(14-16-6-10-19(28)11-7-16)27(23(26)31)15-17-4-8-18(9-5-17)21(29)24-32/h4-11,20,28,32H,3,12-15H2,1-2H3,(H,24,29)/t20-/m0/s1. The van der Waals surface area contributed by atoms with Crippen molar-refractivity contribution >= 4 is 17.8 Å². The molecule has 4 amide bonds. The molecule has 0 saturated carbocycles. The van der Waals surface area contributed by atoms with Crippen LogP contribution in [-0.2, 0) is 17.8 Å². The number of nitrogens with one attached hydrogen (secondary N) is 1. The number of nitrogens with zero attached hydrogens (tertiary/aromatic N) is 3. The Bertz CT molecular complexity index is 959. The van der Waals surface area contributed by atoms with E-state index in [-0.39, 0.29) is 29.8 Å². The number of benzene rings is 2. The minimum Gasteiger partial charge on any atom is -0.508 e. The molecule has 0 radical (unpaired) electrons. The van der Waals surface area contributed by atoms with Crippen LogP contribution in [0.3, 0.4) is 0 Å². The van der Waals surface area contributed by atoms with Gasteiger partial charge in [-0.1, -0.05) is 24.3 Å². The number of hydrogen-bond donors (Lipinski definition) is 3. The Morgan fingerprint density at radius 2 is 1.66 bits per heavy atom. The molecule has 0 spiro atoms. The first-order valence-corrected chi connectivity index (χ1v) is 10.4. The van der Waals surface area contributed by atoms with Crippen LogP contribution in [0, 0.1) is 0 Å². The molecule has 32 heavy (non-hydrogen) atoms. The van der Waals surface area contributed by atoms with Crippen LogP contribution >= 0.6 is 0 Å². The lowest BCUT2D eigenvalue weighted by Gasteiger charge is -2.22. The van der Waals surface area contributed by atoms with E-state index < -0.39 is 11.9 Å². The number of phenolic OH excluding ortho intramolecular Hbond substituents is 1. The quantitative estimate of drug-likeness (QED) is 0.312. The molecule has 0 bridgehead atoms. The van der Waals surface area contributed by atoms with Crippen LogP contribution in [0.4, 0.5) is 4.79 Å². The van der Waals surface area contributed by atoms with Crippen molar-refractivity contribution in [2.24, 2.45) is 0 Å². The van der Waals surface area contributed by atoms with Crippen LogP contribution in [-0.4, -0.2) is 76.1 Å². The van der Waals surface area contributed by atoms with Gasteiger partial charge in [0, 0.05) is 25.1 Å². The smallest absolute Gasteiger partial charge is 0.327 e. The van der Waals surface area contributed by atoms with Gasteiger partial charge in [-0.25, -0.2) is 10.3 Å². The maximum absolute atomic E-state index is 13.2. The second-order valence-corrected chi connectivity index (χ2v) is 8.08. The van der Waals surface area contributed by atoms with E-state index in [9.17, 15) is 19.5 Å². The van der Waals surface area contributed by atoms with Crippen LogP contribution in [0.15, 0.2) is 48.5 Å². The van der Waals surface area contributed by atoms with Crippen molar-refractivity contribution in [3.05, 3.63) is 65.2 Å². The van der Waals surface area contributed by atoms with Gasteiger partial charge in [0.1, 0.15) is 11.8 Å². The molecule has 9 nitrogen and oxygen atoms in total. The van der Waals surface area contributed by atoms with Gasteiger partial charge in [0.15, 0.2) is 0 Å². The molecule has 9 heteroatoms. The van der Waals surface area contributed by atoms with Crippen molar-refractivity contribution < 1.29 is 24.7 Å². The lowest BCUT2D eigenvalue weighted by atomic mass is 10.0. The number of imide groups is 1. The van der Waals surface area contributed by atoms with E-state index in [1.165, 1.54) is 4.90 Å². The van der Waals surface area contributed by atoms with Crippen LogP contribution in [0.25, 0.3) is 0 Å². The summed E-state index contributed by atoms with van der Waals surface area (Å²) in [7, 11) is 3.88. The Hall–Kier alpha value is -3.43. The summed E-state index contributed by atoms with van der Waals surface area (Å²) >= 11 is 0. The molecule has 0 aliphatic carbocycles. The monoisotopic (exact) mass is 440 g/mol. The van der Waals surface area contributed by atoms with Crippen LogP contribution < -0.4 is 5.48 Å². The third kappa shape index (κ3) is 5.43. The zero-order valence-electron chi connectivity index (χ0n) is 18.2. The topological polar surface area (TPSA) is 113 Å². The van der Waals surface area contributed by atoms with E-state index in [2.05, 4.69) is 0 Å². The van der Waals surface area contributed by atoms with Gasteiger partial charge in [-0.3, -0.25) is 19.7 Å². The summed E-state index contributed by atoms with van der Waals surface area (Å²) in [4.78, 5) is 42.7. The Balaban J connectivity index is 1.81. The number of rotatable bonds is 9. The fourth-order valence-electron chi connectivity index (χ4n) is 3.70. The Morgan fingerprint density at radius 1 is 1.03 bits per heavy atom. The number of carbonyl (C=O) groups excluding carboxylic acids is 3. The number of carbonyl (C=O) groups is 3. The van der Waals surface area contributed by atoms with Crippen LogP contribution in [0.1, 0.15) is 27.9 Å². The molecule has 170 valence electrons. The molecule has 2 aromatic rings. The van der Waals surface area contributed by atoms with E-state index in [0.717, 1.165) is 17.7 Å². The average molecular weight is 441 g/mol. The highest BCUT2D eigenvalue weighted by molar-refractivity contribution is 6.04. The van der Waals surface area contributed by atoms with Gasteiger partial charge in [-0.2, -0.15) is 0 Å². The van der Waals surface area contributed by atoms with Gasteiger partial charge in [-0.15, -0.1) is 0 Å². The summed E-state index contributed by atoms with van der Waals surface area (Å²) in [6.07, 6.45) is 1.01. The van der Waals surface area contributed by atoms with Crippen molar-refractivity contribution in [2.75, 3.05) is 27.2 Å². The first-order chi connectivity index (χ1) is 15.3. The molecule has 3 N–H and O–H groups in total. The van der Waals surface area contributed by atoms with E-state index in [1.807, 2.05) is 19.0 Å². The molecule has 1 heterocycles. The maximum atomic E-state index is 13.2. The summed E-state index contributed by atoms with van der Waals surface area (Å²) < 4.78 is 0. The summed E-state index contributed by atoms with van der Waals surface area (Å²) in [6, 6.07) is 12.1. The minimum atomic E-state index is -0.660. The average Bonchev–Trinajstić information content (AvgIpc) is 2.99. The number of hydrogen-bond acceptors (Lipinski definition) is 6. The normalized spacial score (nSPS) is 16.2. The van der Waals surface area contributed by atoms with E-state index in [1.54, 1.807) is 58.9 Å². The van der Waals surface area contributed by atoms with Crippen molar-refractivity contribution in [1.82, 2.24) is 20.2 Å². The lowest BCUT2D eigenvalue weighted by Crippen LogP contribution is -2.36. The molecule has 0 unspecified atom stereocenters. The van der Waals surface area contributed by atoms with E-state index in [4.69, 9.17) is 5.21 Å². The largest absolute Gasteiger partial charge is 0.508 e. The molecule has 1 aliphatic heterocycles. The number of phenols is 1. The fraction of sp³-hybridized carbons (Fsp3) is 0.348. The Labute approximate surface area is 186 Å². The molecule has 0 aromatic heterocycles. The number of amides is 4. The molecule has 3 rings (SSSR count). The first-order valence-electron chi connectivity index (χ1n) is 10.4. The molecular weight excluding hydrogens is 412 g/mol. The van der Waals surface area contributed by atoms with Gasteiger partial charge in [0.2, 0.25) is 0 Å². The fourth-order valence-corrected chi connectivity index (χ4v) is 3.70. The third-order valence-electron chi connectivity index (χ3n) is 5.43. The molecular formula is C23H28N4O5. The first kappa shape index (κ1) is 23.2. The van der Waals surface area contributed by atoms with Gasteiger partial charge in [-0.05, 0) is 62.5 Å². The number of hydroxylamine groups is 1. The zero-order chi connectivity index (χ0) is 23.3. The predicted molar refractivity (Wildman–Crippen MR) is 117 cm³/mol. The summed E-state index contributed by atoms with van der Waals surface area (Å²) in [5, 5.41) is 18.3. The van der Waals surface area contributed by atoms with E-state index in [0.29, 0.717) is 19.4 Å². The third-order valence-corrected chi connectivity index (χ3v) is 5.43. The molecule has 1 saturated heterocycles. The van der Waals surface area contributed by atoms with Crippen molar-refractivity contribution in [1.29, 1.82) is 0 Å². The van der Waals surface area contributed by atoms with Crippen LogP contribution in [0.2, 0.25) is 0 Å². The van der Waals surface area contributed by atoms with Gasteiger partial charge in [0.25, 0.3) is 11.8 Å². The van der Waals surface area contributed by atoms with E-state index >= 15 is 0 Å². The molecule has 1 aliphatic rings. The van der Waals surface area contributed by atoms with Crippen molar-refractivity contribution in [2.45, 2.75) is 25.4 Å². The summed E-state index contributed by atoms with van der Waals surface area (Å²) in [6.45, 7) is 1.31.